The number of rotatable bonds is 5. The Morgan fingerprint density at radius 1 is 1.09 bits per heavy atom. The number of carbonyl (C=O) groups excluding carboxylic acids is 1. The molecular formula is C17H15FO4. The molecule has 1 N–H and O–H groups in total. The van der Waals surface area contributed by atoms with E-state index in [9.17, 15) is 14.0 Å². The van der Waals surface area contributed by atoms with Crippen molar-refractivity contribution in [3.63, 3.8) is 0 Å². The molecule has 22 heavy (non-hydrogen) atoms. The first-order chi connectivity index (χ1) is 10.5. The summed E-state index contributed by atoms with van der Waals surface area (Å²) in [6.45, 7) is 1.70. The van der Waals surface area contributed by atoms with Gasteiger partial charge in [0, 0.05) is 5.92 Å². The fraction of sp³-hybridized carbons (Fsp3) is 0.176. The molecule has 0 fully saturated rings. The lowest BCUT2D eigenvalue weighted by molar-refractivity contribution is 0.0474. The maximum absolute atomic E-state index is 13.6. The summed E-state index contributed by atoms with van der Waals surface area (Å²) in [6, 6.07) is 12.1. The van der Waals surface area contributed by atoms with Crippen LogP contribution in [0.4, 0.5) is 4.39 Å². The highest BCUT2D eigenvalue weighted by atomic mass is 19.1. The van der Waals surface area contributed by atoms with Gasteiger partial charge in [-0.3, -0.25) is 0 Å². The number of esters is 1. The summed E-state index contributed by atoms with van der Waals surface area (Å²) in [7, 11) is 0. The third-order valence-corrected chi connectivity index (χ3v) is 3.28. The summed E-state index contributed by atoms with van der Waals surface area (Å²) in [5.41, 5.74) is 0.309. The van der Waals surface area contributed by atoms with Crippen LogP contribution in [0.5, 0.6) is 0 Å². The van der Waals surface area contributed by atoms with Crippen LogP contribution in [0.1, 0.15) is 39.1 Å². The minimum atomic E-state index is -1.20. The van der Waals surface area contributed by atoms with Gasteiger partial charge in [-0.1, -0.05) is 37.3 Å². The Balaban J connectivity index is 2.08. The van der Waals surface area contributed by atoms with E-state index in [0.29, 0.717) is 5.56 Å². The zero-order chi connectivity index (χ0) is 16.1. The standard InChI is InChI=1S/C17H15FO4/c1-11(12-6-4-5-9-15(12)18)10-22-17(21)14-8-3-2-7-13(14)16(19)20/h2-9,11H,10H2,1H3,(H,19,20). The van der Waals surface area contributed by atoms with E-state index in [1.165, 1.54) is 24.3 Å². The minimum Gasteiger partial charge on any atom is -0.478 e. The predicted octanol–water partition coefficient (Wildman–Crippen LogP) is 3.48. The number of carboxylic acid groups (broad SMARTS) is 1. The van der Waals surface area contributed by atoms with Gasteiger partial charge in [0.15, 0.2) is 0 Å². The van der Waals surface area contributed by atoms with Gasteiger partial charge in [0.25, 0.3) is 0 Å². The second-order valence-electron chi connectivity index (χ2n) is 4.87. The van der Waals surface area contributed by atoms with Crippen molar-refractivity contribution in [3.8, 4) is 0 Å². The second kappa shape index (κ2) is 6.85. The molecule has 2 rings (SSSR count). The van der Waals surface area contributed by atoms with Crippen LogP contribution in [0.15, 0.2) is 48.5 Å². The Hall–Kier alpha value is -2.69. The molecule has 2 aromatic carbocycles. The quantitative estimate of drug-likeness (QED) is 0.859. The van der Waals surface area contributed by atoms with E-state index in [0.717, 1.165) is 0 Å². The summed E-state index contributed by atoms with van der Waals surface area (Å²) in [6.07, 6.45) is 0. The van der Waals surface area contributed by atoms with Gasteiger partial charge in [-0.05, 0) is 23.8 Å². The smallest absolute Gasteiger partial charge is 0.339 e. The van der Waals surface area contributed by atoms with Crippen LogP contribution in [-0.4, -0.2) is 23.7 Å². The summed E-state index contributed by atoms with van der Waals surface area (Å²) >= 11 is 0. The molecule has 0 bridgehead atoms. The second-order valence-corrected chi connectivity index (χ2v) is 4.87. The van der Waals surface area contributed by atoms with E-state index in [-0.39, 0.29) is 29.5 Å². The number of carboxylic acids is 1. The van der Waals surface area contributed by atoms with Crippen molar-refractivity contribution < 1.29 is 23.8 Å². The molecule has 0 saturated heterocycles. The Morgan fingerprint density at radius 3 is 2.32 bits per heavy atom. The molecule has 114 valence electrons. The first-order valence-electron chi connectivity index (χ1n) is 6.74. The van der Waals surface area contributed by atoms with Crippen LogP contribution >= 0.6 is 0 Å². The third-order valence-electron chi connectivity index (χ3n) is 3.28. The molecule has 0 aliphatic rings. The van der Waals surface area contributed by atoms with Crippen molar-refractivity contribution in [1.29, 1.82) is 0 Å². The van der Waals surface area contributed by atoms with Crippen molar-refractivity contribution in [3.05, 3.63) is 71.0 Å². The average Bonchev–Trinajstić information content (AvgIpc) is 2.52. The lowest BCUT2D eigenvalue weighted by Crippen LogP contribution is -2.15. The summed E-state index contributed by atoms with van der Waals surface area (Å²) in [5.74, 6) is -2.63. The fourth-order valence-corrected chi connectivity index (χ4v) is 2.09. The van der Waals surface area contributed by atoms with Gasteiger partial charge in [-0.25, -0.2) is 14.0 Å². The van der Waals surface area contributed by atoms with E-state index in [2.05, 4.69) is 0 Å². The molecule has 1 atom stereocenters. The fourth-order valence-electron chi connectivity index (χ4n) is 2.09. The largest absolute Gasteiger partial charge is 0.478 e. The predicted molar refractivity (Wildman–Crippen MR) is 78.5 cm³/mol. The number of hydrogen-bond donors (Lipinski definition) is 1. The molecule has 0 aliphatic carbocycles. The van der Waals surface area contributed by atoms with E-state index in [4.69, 9.17) is 9.84 Å². The zero-order valence-corrected chi connectivity index (χ0v) is 12.0. The van der Waals surface area contributed by atoms with Crippen molar-refractivity contribution >= 4 is 11.9 Å². The summed E-state index contributed by atoms with van der Waals surface area (Å²) < 4.78 is 18.8. The molecule has 0 aromatic heterocycles. The number of carbonyl (C=O) groups is 2. The number of hydrogen-bond acceptors (Lipinski definition) is 3. The number of benzene rings is 2. The number of ether oxygens (including phenoxy) is 1. The molecule has 0 aliphatic heterocycles. The highest BCUT2D eigenvalue weighted by molar-refractivity contribution is 6.02. The van der Waals surface area contributed by atoms with Crippen LogP contribution in [0.2, 0.25) is 0 Å². The van der Waals surface area contributed by atoms with Gasteiger partial charge in [-0.15, -0.1) is 0 Å². The normalized spacial score (nSPS) is 11.7. The number of halogens is 1. The van der Waals surface area contributed by atoms with Crippen LogP contribution in [0, 0.1) is 5.82 Å². The van der Waals surface area contributed by atoms with Crippen LogP contribution < -0.4 is 0 Å². The van der Waals surface area contributed by atoms with Gasteiger partial charge in [0.1, 0.15) is 5.82 Å². The van der Waals surface area contributed by atoms with Gasteiger partial charge >= 0.3 is 11.9 Å². The summed E-state index contributed by atoms with van der Waals surface area (Å²) in [5, 5.41) is 9.05. The topological polar surface area (TPSA) is 63.6 Å². The third kappa shape index (κ3) is 3.49. The van der Waals surface area contributed by atoms with Crippen LogP contribution in [0.25, 0.3) is 0 Å². The molecule has 0 spiro atoms. The molecule has 2 aromatic rings. The molecule has 0 heterocycles. The van der Waals surface area contributed by atoms with Gasteiger partial charge < -0.3 is 9.84 Å². The van der Waals surface area contributed by atoms with E-state index in [1.54, 1.807) is 31.2 Å². The Kier molecular flexibility index (Phi) is 4.88. The minimum absolute atomic E-state index is 0.0178. The lowest BCUT2D eigenvalue weighted by atomic mass is 10.0. The van der Waals surface area contributed by atoms with E-state index < -0.39 is 11.9 Å². The molecule has 4 nitrogen and oxygen atoms in total. The lowest BCUT2D eigenvalue weighted by Gasteiger charge is -2.14. The molecule has 5 heteroatoms. The Labute approximate surface area is 127 Å². The SMILES string of the molecule is CC(COC(=O)c1ccccc1C(=O)O)c1ccccc1F. The van der Waals surface area contributed by atoms with Gasteiger partial charge in [-0.2, -0.15) is 0 Å². The highest BCUT2D eigenvalue weighted by Crippen LogP contribution is 2.20. The maximum atomic E-state index is 13.6. The molecule has 1 unspecified atom stereocenters. The molecule has 0 radical (unpaired) electrons. The summed E-state index contributed by atoms with van der Waals surface area (Å²) in [4.78, 5) is 23.1. The molecular weight excluding hydrogens is 287 g/mol. The first-order valence-corrected chi connectivity index (χ1v) is 6.74. The number of aromatic carboxylic acids is 1. The van der Waals surface area contributed by atoms with Crippen molar-refractivity contribution in [1.82, 2.24) is 0 Å². The van der Waals surface area contributed by atoms with Crippen molar-refractivity contribution in [2.45, 2.75) is 12.8 Å². The van der Waals surface area contributed by atoms with Crippen LogP contribution in [0.3, 0.4) is 0 Å². The molecule has 0 saturated carbocycles. The molecule has 0 amide bonds. The van der Waals surface area contributed by atoms with Crippen molar-refractivity contribution in [2.24, 2.45) is 0 Å². The van der Waals surface area contributed by atoms with E-state index >= 15 is 0 Å². The maximum Gasteiger partial charge on any atom is 0.339 e. The van der Waals surface area contributed by atoms with Gasteiger partial charge in [0.2, 0.25) is 0 Å². The first kappa shape index (κ1) is 15.7. The average molecular weight is 302 g/mol. The van der Waals surface area contributed by atoms with E-state index in [1.807, 2.05) is 0 Å². The zero-order valence-electron chi connectivity index (χ0n) is 12.0. The Morgan fingerprint density at radius 2 is 1.68 bits per heavy atom. The Bertz CT molecular complexity index is 697. The van der Waals surface area contributed by atoms with Crippen LogP contribution in [-0.2, 0) is 4.74 Å². The van der Waals surface area contributed by atoms with Crippen molar-refractivity contribution in [2.75, 3.05) is 6.61 Å². The monoisotopic (exact) mass is 302 g/mol. The van der Waals surface area contributed by atoms with Gasteiger partial charge in [0.05, 0.1) is 17.7 Å². The highest BCUT2D eigenvalue weighted by Gasteiger charge is 2.19.